The summed E-state index contributed by atoms with van der Waals surface area (Å²) in [6.45, 7) is 6.11. The van der Waals surface area contributed by atoms with E-state index < -0.39 is 23.2 Å². The van der Waals surface area contributed by atoms with Gasteiger partial charge in [0.25, 0.3) is 0 Å². The number of likely N-dealkylation sites (N-methyl/N-ethyl adjacent to an activating group) is 1. The lowest BCUT2D eigenvalue weighted by Crippen LogP contribution is -2.40. The van der Waals surface area contributed by atoms with E-state index in [0.29, 0.717) is 13.0 Å². The molecule has 8 heteroatoms. The summed E-state index contributed by atoms with van der Waals surface area (Å²) in [4.78, 5) is 38.3. The number of hydrogen-bond donors (Lipinski definition) is 3. The SMILES string of the molecule is CCC(CC(CC(C)(C)C(=O)OCCN(C)C)C(=O)NCCO)C(N)=O. The van der Waals surface area contributed by atoms with Gasteiger partial charge in [0.15, 0.2) is 0 Å². The first kappa shape index (κ1) is 24.3. The molecule has 0 radical (unpaired) electrons. The van der Waals surface area contributed by atoms with E-state index in [2.05, 4.69) is 5.32 Å². The number of rotatable bonds is 13. The third-order valence-electron chi connectivity index (χ3n) is 4.33. The largest absolute Gasteiger partial charge is 0.464 e. The molecule has 0 aliphatic rings. The number of carbonyl (C=O) groups is 3. The third kappa shape index (κ3) is 9.15. The van der Waals surface area contributed by atoms with Crippen molar-refractivity contribution in [1.82, 2.24) is 10.2 Å². The van der Waals surface area contributed by atoms with Gasteiger partial charge in [-0.2, -0.15) is 0 Å². The van der Waals surface area contributed by atoms with E-state index in [1.807, 2.05) is 25.9 Å². The zero-order chi connectivity index (χ0) is 20.3. The molecule has 8 nitrogen and oxygen atoms in total. The predicted molar refractivity (Wildman–Crippen MR) is 99.1 cm³/mol. The van der Waals surface area contributed by atoms with Gasteiger partial charge in [-0.15, -0.1) is 0 Å². The Hall–Kier alpha value is -1.67. The number of ether oxygens (including phenoxy) is 1. The van der Waals surface area contributed by atoms with Gasteiger partial charge in [-0.3, -0.25) is 14.4 Å². The molecule has 26 heavy (non-hydrogen) atoms. The number of carbonyl (C=O) groups excluding carboxylic acids is 3. The maximum Gasteiger partial charge on any atom is 0.311 e. The Morgan fingerprint density at radius 2 is 1.85 bits per heavy atom. The van der Waals surface area contributed by atoms with E-state index in [0.717, 1.165) is 0 Å². The van der Waals surface area contributed by atoms with Gasteiger partial charge in [0, 0.05) is 24.9 Å². The van der Waals surface area contributed by atoms with Gasteiger partial charge in [0.1, 0.15) is 6.61 Å². The minimum atomic E-state index is -0.885. The van der Waals surface area contributed by atoms with Gasteiger partial charge >= 0.3 is 5.97 Å². The average Bonchev–Trinajstić information content (AvgIpc) is 2.55. The minimum absolute atomic E-state index is 0.121. The molecular formula is C18H35N3O5. The fraction of sp³-hybridized carbons (Fsp3) is 0.833. The fourth-order valence-electron chi connectivity index (χ4n) is 2.65. The second-order valence-electron chi connectivity index (χ2n) is 7.48. The second-order valence-corrected chi connectivity index (χ2v) is 7.48. The topological polar surface area (TPSA) is 122 Å². The highest BCUT2D eigenvalue weighted by atomic mass is 16.5. The van der Waals surface area contributed by atoms with Gasteiger partial charge in [-0.25, -0.2) is 0 Å². The summed E-state index contributed by atoms with van der Waals surface area (Å²) >= 11 is 0. The lowest BCUT2D eigenvalue weighted by atomic mass is 9.78. The van der Waals surface area contributed by atoms with Crippen LogP contribution in [-0.4, -0.2) is 68.2 Å². The monoisotopic (exact) mass is 373 g/mol. The first-order valence-electron chi connectivity index (χ1n) is 9.05. The van der Waals surface area contributed by atoms with Crippen LogP contribution in [0.4, 0.5) is 0 Å². The van der Waals surface area contributed by atoms with E-state index in [4.69, 9.17) is 15.6 Å². The Morgan fingerprint density at radius 3 is 2.31 bits per heavy atom. The molecule has 0 aromatic heterocycles. The van der Waals surface area contributed by atoms with E-state index >= 15 is 0 Å². The summed E-state index contributed by atoms with van der Waals surface area (Å²) in [5.41, 5.74) is 4.52. The normalized spacial score (nSPS) is 14.0. The maximum absolute atomic E-state index is 12.4. The Morgan fingerprint density at radius 1 is 1.23 bits per heavy atom. The van der Waals surface area contributed by atoms with Crippen LogP contribution >= 0.6 is 0 Å². The van der Waals surface area contributed by atoms with E-state index in [1.54, 1.807) is 13.8 Å². The smallest absolute Gasteiger partial charge is 0.311 e. The van der Waals surface area contributed by atoms with Crippen LogP contribution in [0.5, 0.6) is 0 Å². The summed E-state index contributed by atoms with van der Waals surface area (Å²) in [6, 6.07) is 0. The van der Waals surface area contributed by atoms with Crippen molar-refractivity contribution in [2.75, 3.05) is 40.4 Å². The number of nitrogens with one attached hydrogen (secondary N) is 1. The van der Waals surface area contributed by atoms with Gasteiger partial charge < -0.3 is 25.8 Å². The summed E-state index contributed by atoms with van der Waals surface area (Å²) < 4.78 is 5.31. The van der Waals surface area contributed by atoms with Gasteiger partial charge in [0.2, 0.25) is 11.8 Å². The molecule has 0 bridgehead atoms. The molecule has 0 rings (SSSR count). The van der Waals surface area contributed by atoms with Crippen LogP contribution in [-0.2, 0) is 19.1 Å². The van der Waals surface area contributed by atoms with Crippen molar-refractivity contribution in [1.29, 1.82) is 0 Å². The molecule has 2 amide bonds. The zero-order valence-electron chi connectivity index (χ0n) is 16.7. The molecule has 0 heterocycles. The van der Waals surface area contributed by atoms with Gasteiger partial charge in [-0.1, -0.05) is 6.92 Å². The maximum atomic E-state index is 12.4. The number of nitrogens with zero attached hydrogens (tertiary/aromatic N) is 1. The lowest BCUT2D eigenvalue weighted by molar-refractivity contribution is -0.155. The summed E-state index contributed by atoms with van der Waals surface area (Å²) in [6.07, 6.45) is 1.01. The van der Waals surface area contributed by atoms with Crippen LogP contribution in [0.3, 0.4) is 0 Å². The molecule has 2 atom stereocenters. The quantitative estimate of drug-likeness (QED) is 0.395. The summed E-state index contributed by atoms with van der Waals surface area (Å²) in [7, 11) is 3.77. The highest BCUT2D eigenvalue weighted by molar-refractivity contribution is 5.82. The van der Waals surface area contributed by atoms with Crippen LogP contribution in [0.1, 0.15) is 40.0 Å². The number of primary amides is 1. The molecule has 0 saturated heterocycles. The highest BCUT2D eigenvalue weighted by Gasteiger charge is 2.36. The van der Waals surface area contributed by atoms with E-state index in [9.17, 15) is 14.4 Å². The number of aliphatic hydroxyl groups excluding tert-OH is 1. The Kier molecular flexibility index (Phi) is 11.1. The molecule has 0 aliphatic heterocycles. The lowest BCUT2D eigenvalue weighted by Gasteiger charge is -2.29. The summed E-state index contributed by atoms with van der Waals surface area (Å²) in [5, 5.41) is 11.5. The molecule has 0 saturated carbocycles. The minimum Gasteiger partial charge on any atom is -0.464 e. The summed E-state index contributed by atoms with van der Waals surface area (Å²) in [5.74, 6) is -2.16. The first-order chi connectivity index (χ1) is 12.0. The number of hydrogen-bond acceptors (Lipinski definition) is 6. The Balaban J connectivity index is 5.07. The molecule has 0 aromatic rings. The van der Waals surface area contributed by atoms with E-state index in [-0.39, 0.29) is 44.5 Å². The Labute approximate surface area is 156 Å². The van der Waals surface area contributed by atoms with Gasteiger partial charge in [-0.05, 0) is 47.2 Å². The molecule has 0 aliphatic carbocycles. The van der Waals surface area contributed by atoms with Crippen LogP contribution in [0.2, 0.25) is 0 Å². The van der Waals surface area contributed by atoms with Crippen molar-refractivity contribution in [3.05, 3.63) is 0 Å². The molecule has 0 fully saturated rings. The van der Waals surface area contributed by atoms with Crippen molar-refractivity contribution in [3.8, 4) is 0 Å². The van der Waals surface area contributed by atoms with E-state index in [1.165, 1.54) is 0 Å². The van der Waals surface area contributed by atoms with Crippen molar-refractivity contribution < 1.29 is 24.2 Å². The standard InChI is InChI=1S/C18H35N3O5/c1-6-13(15(19)23)11-14(16(24)20-7-9-22)12-18(2,3)17(25)26-10-8-21(4)5/h13-14,22H,6-12H2,1-5H3,(H2,19,23)(H,20,24). The number of esters is 1. The first-order valence-corrected chi connectivity index (χ1v) is 9.05. The Bertz CT molecular complexity index is 466. The fourth-order valence-corrected chi connectivity index (χ4v) is 2.65. The zero-order valence-corrected chi connectivity index (χ0v) is 16.7. The second kappa shape index (κ2) is 11.9. The van der Waals surface area contributed by atoms with Crippen molar-refractivity contribution in [2.24, 2.45) is 23.0 Å². The van der Waals surface area contributed by atoms with Crippen molar-refractivity contribution in [3.63, 3.8) is 0 Å². The molecular weight excluding hydrogens is 338 g/mol. The number of aliphatic hydroxyl groups is 1. The molecule has 2 unspecified atom stereocenters. The third-order valence-corrected chi connectivity index (χ3v) is 4.33. The van der Waals surface area contributed by atoms with Crippen LogP contribution < -0.4 is 11.1 Å². The van der Waals surface area contributed by atoms with Crippen LogP contribution in [0, 0.1) is 17.3 Å². The molecule has 152 valence electrons. The predicted octanol–water partition coefficient (Wildman–Crippen LogP) is 0.134. The molecule has 4 N–H and O–H groups in total. The van der Waals surface area contributed by atoms with Crippen molar-refractivity contribution >= 4 is 17.8 Å². The number of nitrogens with two attached hydrogens (primary N) is 1. The molecule has 0 aromatic carbocycles. The van der Waals surface area contributed by atoms with Gasteiger partial charge in [0.05, 0.1) is 12.0 Å². The number of amides is 2. The van der Waals surface area contributed by atoms with Crippen molar-refractivity contribution in [2.45, 2.75) is 40.0 Å². The van der Waals surface area contributed by atoms with Crippen LogP contribution in [0.25, 0.3) is 0 Å². The average molecular weight is 373 g/mol. The molecule has 0 spiro atoms. The van der Waals surface area contributed by atoms with Crippen LogP contribution in [0.15, 0.2) is 0 Å². The highest BCUT2D eigenvalue weighted by Crippen LogP contribution is 2.31.